The van der Waals surface area contributed by atoms with Crippen molar-refractivity contribution in [3.05, 3.63) is 72.0 Å². The van der Waals surface area contributed by atoms with Crippen LogP contribution in [0.25, 0.3) is 11.3 Å². The molecule has 1 atom stereocenters. The summed E-state index contributed by atoms with van der Waals surface area (Å²) in [7, 11) is 1.28. The van der Waals surface area contributed by atoms with Crippen LogP contribution in [0, 0.1) is 5.92 Å². The zero-order valence-corrected chi connectivity index (χ0v) is 19.3. The van der Waals surface area contributed by atoms with Crippen molar-refractivity contribution in [3.63, 3.8) is 0 Å². The number of nitrogens with zero attached hydrogens (tertiary/aromatic N) is 1. The number of hydrogen-bond acceptors (Lipinski definition) is 6. The standard InChI is InChI=1S/C25H28N4O5/c1-16(2)13-21(24(31)33-3)28-23(30)22-14-20(29-34-22)18-9-11-19(12-10-18)27-25(32)26-15-17-7-5-4-6-8-17/h4-12,14,16,21H,13,15H2,1-3H3,(H,28,30)(H2,26,27,32). The number of amides is 3. The zero-order valence-electron chi connectivity index (χ0n) is 19.3. The zero-order chi connectivity index (χ0) is 24.5. The summed E-state index contributed by atoms with van der Waals surface area (Å²) in [5.74, 6) is -0.904. The van der Waals surface area contributed by atoms with Crippen LogP contribution in [-0.4, -0.2) is 36.2 Å². The lowest BCUT2D eigenvalue weighted by Crippen LogP contribution is -2.42. The number of ether oxygens (including phenoxy) is 1. The first-order valence-electron chi connectivity index (χ1n) is 10.9. The minimum Gasteiger partial charge on any atom is -0.467 e. The quantitative estimate of drug-likeness (QED) is 0.412. The highest BCUT2D eigenvalue weighted by Crippen LogP contribution is 2.21. The Morgan fingerprint density at radius 3 is 2.38 bits per heavy atom. The van der Waals surface area contributed by atoms with Crippen LogP contribution in [-0.2, 0) is 16.1 Å². The molecule has 34 heavy (non-hydrogen) atoms. The van der Waals surface area contributed by atoms with Gasteiger partial charge < -0.3 is 25.2 Å². The lowest BCUT2D eigenvalue weighted by atomic mass is 10.0. The third-order valence-corrected chi connectivity index (χ3v) is 4.97. The molecule has 3 N–H and O–H groups in total. The molecule has 178 valence electrons. The highest BCUT2D eigenvalue weighted by Gasteiger charge is 2.25. The average Bonchev–Trinajstić information content (AvgIpc) is 3.33. The van der Waals surface area contributed by atoms with E-state index in [0.717, 1.165) is 5.56 Å². The van der Waals surface area contributed by atoms with Crippen LogP contribution in [0.5, 0.6) is 0 Å². The molecule has 9 heteroatoms. The molecule has 3 aromatic rings. The van der Waals surface area contributed by atoms with Crippen LogP contribution >= 0.6 is 0 Å². The average molecular weight is 465 g/mol. The van der Waals surface area contributed by atoms with Gasteiger partial charge in [-0.3, -0.25) is 4.79 Å². The molecule has 0 fully saturated rings. The van der Waals surface area contributed by atoms with Crippen molar-refractivity contribution in [1.82, 2.24) is 15.8 Å². The van der Waals surface area contributed by atoms with Gasteiger partial charge in [-0.15, -0.1) is 0 Å². The van der Waals surface area contributed by atoms with E-state index in [1.165, 1.54) is 13.2 Å². The number of benzene rings is 2. The Morgan fingerprint density at radius 1 is 1.03 bits per heavy atom. The molecule has 0 radical (unpaired) electrons. The molecule has 0 bridgehead atoms. The molecule has 1 unspecified atom stereocenters. The molecule has 0 saturated carbocycles. The largest absolute Gasteiger partial charge is 0.467 e. The van der Waals surface area contributed by atoms with Crippen molar-refractivity contribution in [1.29, 1.82) is 0 Å². The molecule has 0 aliphatic carbocycles. The van der Waals surface area contributed by atoms with E-state index < -0.39 is 17.9 Å². The van der Waals surface area contributed by atoms with Crippen LogP contribution in [0.4, 0.5) is 10.5 Å². The van der Waals surface area contributed by atoms with Gasteiger partial charge in [-0.05, 0) is 30.0 Å². The summed E-state index contributed by atoms with van der Waals surface area (Å²) in [4.78, 5) is 36.6. The Kier molecular flexibility index (Phi) is 8.39. The second kappa shape index (κ2) is 11.6. The molecule has 0 aliphatic heterocycles. The number of esters is 1. The maximum Gasteiger partial charge on any atom is 0.328 e. The van der Waals surface area contributed by atoms with Gasteiger partial charge in [0, 0.05) is 23.9 Å². The van der Waals surface area contributed by atoms with E-state index in [0.29, 0.717) is 29.9 Å². The van der Waals surface area contributed by atoms with E-state index in [2.05, 4.69) is 21.1 Å². The van der Waals surface area contributed by atoms with Crippen molar-refractivity contribution in [2.24, 2.45) is 5.92 Å². The highest BCUT2D eigenvalue weighted by molar-refractivity contribution is 5.95. The lowest BCUT2D eigenvalue weighted by molar-refractivity contribution is -0.143. The molecule has 3 amide bonds. The van der Waals surface area contributed by atoms with Crippen LogP contribution in [0.15, 0.2) is 65.2 Å². The number of carbonyl (C=O) groups excluding carboxylic acids is 3. The van der Waals surface area contributed by atoms with Crippen LogP contribution in [0.2, 0.25) is 0 Å². The monoisotopic (exact) mass is 464 g/mol. The first-order valence-corrected chi connectivity index (χ1v) is 10.9. The Bertz CT molecular complexity index is 1110. The summed E-state index contributed by atoms with van der Waals surface area (Å²) >= 11 is 0. The van der Waals surface area contributed by atoms with Gasteiger partial charge in [-0.25, -0.2) is 9.59 Å². The summed E-state index contributed by atoms with van der Waals surface area (Å²) in [6, 6.07) is 17.0. The molecule has 1 aromatic heterocycles. The van der Waals surface area contributed by atoms with E-state index >= 15 is 0 Å². The molecule has 2 aromatic carbocycles. The Morgan fingerprint density at radius 2 is 1.74 bits per heavy atom. The van der Waals surface area contributed by atoms with Crippen molar-refractivity contribution in [2.45, 2.75) is 32.9 Å². The molecular formula is C25H28N4O5. The minimum absolute atomic E-state index is 0.0184. The third-order valence-electron chi connectivity index (χ3n) is 4.97. The summed E-state index contributed by atoms with van der Waals surface area (Å²) in [5.41, 5.74) is 2.75. The number of anilines is 1. The second-order valence-corrected chi connectivity index (χ2v) is 8.13. The van der Waals surface area contributed by atoms with Crippen LogP contribution in [0.3, 0.4) is 0 Å². The van der Waals surface area contributed by atoms with E-state index in [1.54, 1.807) is 24.3 Å². The summed E-state index contributed by atoms with van der Waals surface area (Å²) in [5, 5.41) is 12.1. The van der Waals surface area contributed by atoms with E-state index in [4.69, 9.17) is 9.26 Å². The molecule has 0 aliphatic rings. The van der Waals surface area contributed by atoms with Gasteiger partial charge in [0.1, 0.15) is 11.7 Å². The first kappa shape index (κ1) is 24.5. The fourth-order valence-electron chi connectivity index (χ4n) is 3.25. The van der Waals surface area contributed by atoms with Gasteiger partial charge in [-0.1, -0.05) is 61.5 Å². The number of carbonyl (C=O) groups is 3. The van der Waals surface area contributed by atoms with Crippen LogP contribution in [0.1, 0.15) is 36.4 Å². The van der Waals surface area contributed by atoms with Crippen LogP contribution < -0.4 is 16.0 Å². The molecule has 0 spiro atoms. The van der Waals surface area contributed by atoms with Gasteiger partial charge in [0.25, 0.3) is 5.91 Å². The maximum absolute atomic E-state index is 12.5. The summed E-state index contributed by atoms with van der Waals surface area (Å²) in [6.45, 7) is 4.31. The Hall–Kier alpha value is -4.14. The number of hydrogen-bond donors (Lipinski definition) is 3. The Balaban J connectivity index is 1.58. The maximum atomic E-state index is 12.5. The fraction of sp³-hybridized carbons (Fsp3) is 0.280. The molecule has 9 nitrogen and oxygen atoms in total. The predicted molar refractivity (Wildman–Crippen MR) is 127 cm³/mol. The number of methoxy groups -OCH3 is 1. The third kappa shape index (κ3) is 6.93. The smallest absolute Gasteiger partial charge is 0.328 e. The van der Waals surface area contributed by atoms with Gasteiger partial charge in [0.2, 0.25) is 5.76 Å². The minimum atomic E-state index is -0.774. The molecule has 1 heterocycles. The number of nitrogens with one attached hydrogen (secondary N) is 3. The van der Waals surface area contributed by atoms with Crippen molar-refractivity contribution >= 4 is 23.6 Å². The fourth-order valence-corrected chi connectivity index (χ4v) is 3.25. The number of rotatable bonds is 9. The first-order chi connectivity index (χ1) is 16.4. The van der Waals surface area contributed by atoms with Gasteiger partial charge in [0.05, 0.1) is 7.11 Å². The SMILES string of the molecule is COC(=O)C(CC(C)C)NC(=O)c1cc(-c2ccc(NC(=O)NCc3ccccc3)cc2)no1. The second-order valence-electron chi connectivity index (χ2n) is 8.13. The highest BCUT2D eigenvalue weighted by atomic mass is 16.5. The van der Waals surface area contributed by atoms with E-state index in [1.807, 2.05) is 44.2 Å². The van der Waals surface area contributed by atoms with Gasteiger partial charge in [0.15, 0.2) is 0 Å². The Labute approximate surface area is 197 Å². The summed E-state index contributed by atoms with van der Waals surface area (Å²) < 4.78 is 9.94. The summed E-state index contributed by atoms with van der Waals surface area (Å²) in [6.07, 6.45) is 0.437. The van der Waals surface area contributed by atoms with E-state index in [-0.39, 0.29) is 17.7 Å². The van der Waals surface area contributed by atoms with Crippen molar-refractivity contribution in [2.75, 3.05) is 12.4 Å². The number of urea groups is 1. The number of aromatic nitrogens is 1. The predicted octanol–water partition coefficient (Wildman–Crippen LogP) is 3.98. The topological polar surface area (TPSA) is 123 Å². The van der Waals surface area contributed by atoms with Crippen molar-refractivity contribution < 1.29 is 23.6 Å². The van der Waals surface area contributed by atoms with E-state index in [9.17, 15) is 14.4 Å². The lowest BCUT2D eigenvalue weighted by Gasteiger charge is -2.17. The molecule has 0 saturated heterocycles. The van der Waals surface area contributed by atoms with Crippen molar-refractivity contribution in [3.8, 4) is 11.3 Å². The molecule has 3 rings (SSSR count). The van der Waals surface area contributed by atoms with Gasteiger partial charge in [-0.2, -0.15) is 0 Å². The normalized spacial score (nSPS) is 11.5. The molecular weight excluding hydrogens is 436 g/mol. The van der Waals surface area contributed by atoms with Gasteiger partial charge >= 0.3 is 12.0 Å².